The van der Waals surface area contributed by atoms with Crippen LogP contribution in [0.4, 0.5) is 0 Å². The van der Waals surface area contributed by atoms with Gasteiger partial charge in [0.1, 0.15) is 0 Å². The molecule has 0 aromatic rings. The topological polar surface area (TPSA) is 49.6 Å². The van der Waals surface area contributed by atoms with Gasteiger partial charge in [0, 0.05) is 38.1 Å². The molecule has 1 aliphatic carbocycles. The van der Waals surface area contributed by atoms with Crippen LogP contribution in [0.2, 0.25) is 0 Å². The van der Waals surface area contributed by atoms with Crippen LogP contribution < -0.4 is 5.73 Å². The Bertz CT molecular complexity index is 321. The van der Waals surface area contributed by atoms with Gasteiger partial charge in [-0.2, -0.15) is 0 Å². The Morgan fingerprint density at radius 3 is 2.68 bits per heavy atom. The number of nitrogens with zero attached hydrogens (tertiary/aromatic N) is 2. The molecule has 1 amide bonds. The third-order valence-electron chi connectivity index (χ3n) is 5.28. The van der Waals surface area contributed by atoms with Crippen LogP contribution >= 0.6 is 0 Å². The van der Waals surface area contributed by atoms with Crippen molar-refractivity contribution in [1.29, 1.82) is 0 Å². The molecule has 110 valence electrons. The van der Waals surface area contributed by atoms with E-state index < -0.39 is 0 Å². The zero-order valence-corrected chi connectivity index (χ0v) is 12.6. The van der Waals surface area contributed by atoms with Gasteiger partial charge in [-0.05, 0) is 45.6 Å². The van der Waals surface area contributed by atoms with Crippen LogP contribution in [-0.4, -0.2) is 54.5 Å². The number of hydrogen-bond acceptors (Lipinski definition) is 3. The van der Waals surface area contributed by atoms with Gasteiger partial charge < -0.3 is 15.5 Å². The predicted octanol–water partition coefficient (Wildman–Crippen LogP) is 1.45. The van der Waals surface area contributed by atoms with E-state index in [-0.39, 0.29) is 6.04 Å². The number of piperidine rings is 1. The summed E-state index contributed by atoms with van der Waals surface area (Å²) in [5.41, 5.74) is 6.07. The van der Waals surface area contributed by atoms with E-state index in [4.69, 9.17) is 5.73 Å². The third-order valence-corrected chi connectivity index (χ3v) is 5.28. The number of rotatable bonds is 3. The number of hydrogen-bond donors (Lipinski definition) is 1. The first-order valence-electron chi connectivity index (χ1n) is 7.70. The van der Waals surface area contributed by atoms with Gasteiger partial charge in [-0.15, -0.1) is 0 Å². The van der Waals surface area contributed by atoms with Crippen LogP contribution in [0.15, 0.2) is 0 Å². The van der Waals surface area contributed by atoms with Crippen molar-refractivity contribution in [3.05, 3.63) is 0 Å². The molecule has 2 unspecified atom stereocenters. The minimum Gasteiger partial charge on any atom is -0.343 e. The van der Waals surface area contributed by atoms with Crippen molar-refractivity contribution in [2.24, 2.45) is 11.7 Å². The van der Waals surface area contributed by atoms with Crippen LogP contribution in [0.25, 0.3) is 0 Å². The minimum absolute atomic E-state index is 0.244. The average Bonchev–Trinajstić information content (AvgIpc) is 2.77. The fourth-order valence-corrected chi connectivity index (χ4v) is 3.51. The summed E-state index contributed by atoms with van der Waals surface area (Å²) < 4.78 is 0. The molecule has 1 saturated carbocycles. The summed E-state index contributed by atoms with van der Waals surface area (Å²) in [4.78, 5) is 16.8. The maximum Gasteiger partial charge on any atom is 0.222 e. The lowest BCUT2D eigenvalue weighted by Crippen LogP contribution is -2.48. The van der Waals surface area contributed by atoms with Gasteiger partial charge in [0.25, 0.3) is 0 Å². The first-order chi connectivity index (χ1) is 8.99. The molecule has 1 heterocycles. The summed E-state index contributed by atoms with van der Waals surface area (Å²) in [6, 6.07) is 1.23. The van der Waals surface area contributed by atoms with Crippen molar-refractivity contribution in [2.75, 3.05) is 20.6 Å². The van der Waals surface area contributed by atoms with Gasteiger partial charge in [0.2, 0.25) is 5.91 Å². The molecule has 0 aromatic carbocycles. The van der Waals surface area contributed by atoms with Crippen LogP contribution in [-0.2, 0) is 4.79 Å². The van der Waals surface area contributed by atoms with E-state index in [1.807, 2.05) is 11.9 Å². The molecule has 4 atom stereocenters. The number of carbonyl (C=O) groups excluding carboxylic acids is 1. The molecule has 0 spiro atoms. The molecule has 0 aromatic heterocycles. The van der Waals surface area contributed by atoms with Crippen LogP contribution in [0, 0.1) is 5.92 Å². The highest BCUT2D eigenvalue weighted by Crippen LogP contribution is 2.28. The van der Waals surface area contributed by atoms with E-state index in [1.165, 1.54) is 6.42 Å². The number of likely N-dealkylation sites (tertiary alicyclic amines) is 1. The highest BCUT2D eigenvalue weighted by Gasteiger charge is 2.31. The smallest absolute Gasteiger partial charge is 0.222 e. The van der Waals surface area contributed by atoms with Gasteiger partial charge >= 0.3 is 0 Å². The molecule has 1 saturated heterocycles. The SMILES string of the molecule is CC1CC(N(C)C(=O)C[C@@H]2CCC[C@H]2N)CCN1C. The lowest BCUT2D eigenvalue weighted by molar-refractivity contribution is -0.134. The number of carbonyl (C=O) groups is 1. The maximum absolute atomic E-state index is 12.4. The summed E-state index contributed by atoms with van der Waals surface area (Å²) >= 11 is 0. The average molecular weight is 267 g/mol. The molecule has 2 N–H and O–H groups in total. The first kappa shape index (κ1) is 14.8. The lowest BCUT2D eigenvalue weighted by atomic mass is 9.95. The Hall–Kier alpha value is -0.610. The second-order valence-electron chi connectivity index (χ2n) is 6.57. The Labute approximate surface area is 117 Å². The summed E-state index contributed by atoms with van der Waals surface area (Å²) in [5, 5.41) is 0. The Morgan fingerprint density at radius 1 is 1.37 bits per heavy atom. The highest BCUT2D eigenvalue weighted by molar-refractivity contribution is 5.76. The molecule has 4 heteroatoms. The normalized spacial score (nSPS) is 36.4. The summed E-state index contributed by atoms with van der Waals surface area (Å²) in [6.07, 6.45) is 6.25. The molecular formula is C15H29N3O. The standard InChI is InChI=1S/C15H29N3O/c1-11-9-13(7-8-17(11)2)18(3)15(19)10-12-5-4-6-14(12)16/h11-14H,4-10,16H2,1-3H3/t11?,12-,13?,14+/m0/s1. The van der Waals surface area contributed by atoms with Crippen molar-refractivity contribution in [3.8, 4) is 0 Å². The molecule has 2 rings (SSSR count). The first-order valence-corrected chi connectivity index (χ1v) is 7.70. The van der Waals surface area contributed by atoms with E-state index >= 15 is 0 Å². The van der Waals surface area contributed by atoms with Crippen molar-refractivity contribution in [3.63, 3.8) is 0 Å². The Morgan fingerprint density at radius 2 is 2.11 bits per heavy atom. The highest BCUT2D eigenvalue weighted by atomic mass is 16.2. The quantitative estimate of drug-likeness (QED) is 0.842. The lowest BCUT2D eigenvalue weighted by Gasteiger charge is -2.39. The third kappa shape index (κ3) is 3.48. The molecule has 2 fully saturated rings. The van der Waals surface area contributed by atoms with Crippen LogP contribution in [0.1, 0.15) is 45.4 Å². The van der Waals surface area contributed by atoms with Gasteiger partial charge in [0.05, 0.1) is 0 Å². The number of nitrogens with two attached hydrogens (primary N) is 1. The molecule has 4 nitrogen and oxygen atoms in total. The van der Waals surface area contributed by atoms with Crippen molar-refractivity contribution < 1.29 is 4.79 Å². The van der Waals surface area contributed by atoms with Gasteiger partial charge in [-0.3, -0.25) is 4.79 Å². The van der Waals surface area contributed by atoms with Crippen molar-refractivity contribution >= 4 is 5.91 Å². The molecule has 1 aliphatic heterocycles. The Kier molecular flexibility index (Phi) is 4.85. The van der Waals surface area contributed by atoms with E-state index in [0.717, 1.165) is 32.2 Å². The molecule has 0 bridgehead atoms. The minimum atomic E-state index is 0.244. The summed E-state index contributed by atoms with van der Waals surface area (Å²) in [6.45, 7) is 3.34. The van der Waals surface area contributed by atoms with Gasteiger partial charge in [-0.1, -0.05) is 6.42 Å². The van der Waals surface area contributed by atoms with E-state index in [2.05, 4.69) is 18.9 Å². The summed E-state index contributed by atoms with van der Waals surface area (Å²) in [5.74, 6) is 0.711. The van der Waals surface area contributed by atoms with Crippen molar-refractivity contribution in [1.82, 2.24) is 9.80 Å². The van der Waals surface area contributed by atoms with Gasteiger partial charge in [0.15, 0.2) is 0 Å². The Balaban J connectivity index is 1.85. The fourth-order valence-electron chi connectivity index (χ4n) is 3.51. The van der Waals surface area contributed by atoms with Crippen LogP contribution in [0.3, 0.4) is 0 Å². The largest absolute Gasteiger partial charge is 0.343 e. The van der Waals surface area contributed by atoms with Crippen LogP contribution in [0.5, 0.6) is 0 Å². The van der Waals surface area contributed by atoms with E-state index in [1.54, 1.807) is 0 Å². The zero-order chi connectivity index (χ0) is 14.0. The molecule has 0 radical (unpaired) electrons. The number of amides is 1. The van der Waals surface area contributed by atoms with Gasteiger partial charge in [-0.25, -0.2) is 0 Å². The molecular weight excluding hydrogens is 238 g/mol. The fraction of sp³-hybridized carbons (Fsp3) is 0.933. The monoisotopic (exact) mass is 267 g/mol. The summed E-state index contributed by atoms with van der Waals surface area (Å²) in [7, 11) is 4.14. The molecule has 2 aliphatic rings. The van der Waals surface area contributed by atoms with Crippen molar-refractivity contribution in [2.45, 2.75) is 63.6 Å². The predicted molar refractivity (Wildman–Crippen MR) is 77.8 cm³/mol. The second kappa shape index (κ2) is 6.23. The molecule has 19 heavy (non-hydrogen) atoms. The van der Waals surface area contributed by atoms with E-state index in [0.29, 0.717) is 30.3 Å². The second-order valence-corrected chi connectivity index (χ2v) is 6.57. The van der Waals surface area contributed by atoms with E-state index in [9.17, 15) is 4.79 Å². The maximum atomic E-state index is 12.4. The zero-order valence-electron chi connectivity index (χ0n) is 12.6.